The number of carbonyl (C=O) groups excluding carboxylic acids is 1. The van der Waals surface area contributed by atoms with Crippen LogP contribution in [0.4, 0.5) is 18.9 Å². The summed E-state index contributed by atoms with van der Waals surface area (Å²) in [6.07, 6.45) is -3.80. The van der Waals surface area contributed by atoms with E-state index in [1.165, 1.54) is 4.90 Å². The van der Waals surface area contributed by atoms with Crippen LogP contribution < -0.4 is 4.90 Å². The second-order valence-electron chi connectivity index (χ2n) is 3.74. The number of rotatable bonds is 1. The van der Waals surface area contributed by atoms with E-state index in [0.29, 0.717) is 5.69 Å². The van der Waals surface area contributed by atoms with Crippen LogP contribution in [-0.4, -0.2) is 18.5 Å². The number of halogens is 3. The number of para-hydroxylation sites is 1. The Morgan fingerprint density at radius 3 is 2.35 bits per heavy atom. The second-order valence-corrected chi connectivity index (χ2v) is 3.74. The highest BCUT2D eigenvalue weighted by Crippen LogP contribution is 2.31. The van der Waals surface area contributed by atoms with Gasteiger partial charge in [-0.3, -0.25) is 4.79 Å². The van der Waals surface area contributed by atoms with Crippen molar-refractivity contribution in [3.05, 3.63) is 42.1 Å². The van der Waals surface area contributed by atoms with Crippen molar-refractivity contribution in [2.45, 2.75) is 12.6 Å². The normalized spacial score (nSPS) is 17.0. The Kier molecular flexibility index (Phi) is 2.92. The van der Waals surface area contributed by atoms with Crippen molar-refractivity contribution in [3.8, 4) is 0 Å². The summed E-state index contributed by atoms with van der Waals surface area (Å²) in [5.74, 6) is -0.843. The summed E-state index contributed by atoms with van der Waals surface area (Å²) in [5, 5.41) is 0. The quantitative estimate of drug-likeness (QED) is 0.753. The lowest BCUT2D eigenvalue weighted by Crippen LogP contribution is -2.32. The molecule has 1 aliphatic heterocycles. The molecule has 90 valence electrons. The van der Waals surface area contributed by atoms with Crippen LogP contribution in [0.25, 0.3) is 0 Å². The van der Waals surface area contributed by atoms with Crippen molar-refractivity contribution in [2.75, 3.05) is 11.4 Å². The highest BCUT2D eigenvalue weighted by Gasteiger charge is 2.40. The molecule has 1 aromatic rings. The first-order chi connectivity index (χ1) is 7.98. The Morgan fingerprint density at radius 2 is 1.76 bits per heavy atom. The molecule has 1 aliphatic rings. The van der Waals surface area contributed by atoms with E-state index < -0.39 is 17.5 Å². The minimum Gasteiger partial charge on any atom is -0.347 e. The van der Waals surface area contributed by atoms with Gasteiger partial charge in [0, 0.05) is 24.9 Å². The van der Waals surface area contributed by atoms with Crippen LogP contribution in [0.5, 0.6) is 0 Å². The number of anilines is 1. The van der Waals surface area contributed by atoms with Crippen molar-refractivity contribution >= 4 is 11.5 Å². The molecule has 0 radical (unpaired) electrons. The van der Waals surface area contributed by atoms with E-state index in [4.69, 9.17) is 0 Å². The van der Waals surface area contributed by atoms with Crippen molar-refractivity contribution in [1.29, 1.82) is 0 Å². The van der Waals surface area contributed by atoms with E-state index in [2.05, 4.69) is 0 Å². The average molecular weight is 241 g/mol. The molecule has 2 nitrogen and oxygen atoms in total. The van der Waals surface area contributed by atoms with Gasteiger partial charge in [0.2, 0.25) is 0 Å². The van der Waals surface area contributed by atoms with Crippen LogP contribution in [0, 0.1) is 0 Å². The topological polar surface area (TPSA) is 20.3 Å². The molecule has 0 saturated carbocycles. The van der Waals surface area contributed by atoms with Gasteiger partial charge in [0.1, 0.15) is 5.57 Å². The molecule has 0 atom stereocenters. The fraction of sp³-hybridized carbons (Fsp3) is 0.250. The molecule has 0 amide bonds. The number of ketones is 1. The minimum atomic E-state index is -4.58. The molecule has 2 rings (SSSR count). The standard InChI is InChI=1S/C12H10F3NO/c13-12(14,15)10-8-16(7-6-11(10)17)9-4-2-1-3-5-9/h1-5,8H,6-7H2. The Labute approximate surface area is 96.3 Å². The fourth-order valence-corrected chi connectivity index (χ4v) is 1.70. The summed E-state index contributed by atoms with van der Waals surface area (Å²) in [7, 11) is 0. The summed E-state index contributed by atoms with van der Waals surface area (Å²) in [5.41, 5.74) is -0.422. The molecule has 0 spiro atoms. The SMILES string of the molecule is O=C1CCN(c2ccccc2)C=C1C(F)(F)F. The van der Waals surface area contributed by atoms with Crippen LogP contribution in [0.15, 0.2) is 42.1 Å². The summed E-state index contributed by atoms with van der Waals surface area (Å²) in [6, 6.07) is 8.69. The molecule has 1 aromatic carbocycles. The molecule has 0 fully saturated rings. The van der Waals surface area contributed by atoms with Crippen molar-refractivity contribution in [1.82, 2.24) is 0 Å². The zero-order valence-electron chi connectivity index (χ0n) is 8.87. The average Bonchev–Trinajstić information content (AvgIpc) is 2.29. The summed E-state index contributed by atoms with van der Waals surface area (Å²) >= 11 is 0. The lowest BCUT2D eigenvalue weighted by molar-refractivity contribution is -0.129. The molecule has 0 aliphatic carbocycles. The van der Waals surface area contributed by atoms with Gasteiger partial charge in [-0.1, -0.05) is 18.2 Å². The number of nitrogens with zero attached hydrogens (tertiary/aromatic N) is 1. The predicted octanol–water partition coefficient (Wildman–Crippen LogP) is 2.91. The molecule has 17 heavy (non-hydrogen) atoms. The number of benzene rings is 1. The zero-order chi connectivity index (χ0) is 12.5. The van der Waals surface area contributed by atoms with Crippen molar-refractivity contribution in [2.24, 2.45) is 0 Å². The van der Waals surface area contributed by atoms with E-state index in [0.717, 1.165) is 6.20 Å². The van der Waals surface area contributed by atoms with Gasteiger partial charge in [-0.05, 0) is 12.1 Å². The first-order valence-electron chi connectivity index (χ1n) is 5.12. The Hall–Kier alpha value is -1.78. The van der Waals surface area contributed by atoms with E-state index >= 15 is 0 Å². The molecule has 0 N–H and O–H groups in total. The Bertz CT molecular complexity index is 451. The maximum Gasteiger partial charge on any atom is 0.421 e. The molecule has 1 heterocycles. The monoisotopic (exact) mass is 241 g/mol. The van der Waals surface area contributed by atoms with Crippen LogP contribution in [0.3, 0.4) is 0 Å². The van der Waals surface area contributed by atoms with Gasteiger partial charge in [0.25, 0.3) is 0 Å². The van der Waals surface area contributed by atoms with Gasteiger partial charge >= 0.3 is 6.18 Å². The van der Waals surface area contributed by atoms with E-state index in [1.807, 2.05) is 0 Å². The maximum atomic E-state index is 12.6. The maximum absolute atomic E-state index is 12.6. The third-order valence-corrected chi connectivity index (χ3v) is 2.56. The lowest BCUT2D eigenvalue weighted by Gasteiger charge is -2.26. The highest BCUT2D eigenvalue weighted by molar-refractivity contribution is 5.98. The van der Waals surface area contributed by atoms with Gasteiger partial charge in [0.15, 0.2) is 5.78 Å². The molecule has 5 heteroatoms. The van der Waals surface area contributed by atoms with Crippen molar-refractivity contribution < 1.29 is 18.0 Å². The lowest BCUT2D eigenvalue weighted by atomic mass is 10.0. The Balaban J connectivity index is 2.34. The molecule has 0 aromatic heterocycles. The molecule has 0 saturated heterocycles. The minimum absolute atomic E-state index is 0.111. The van der Waals surface area contributed by atoms with Crippen molar-refractivity contribution in [3.63, 3.8) is 0 Å². The largest absolute Gasteiger partial charge is 0.421 e. The van der Waals surface area contributed by atoms with Crippen LogP contribution in [-0.2, 0) is 4.79 Å². The number of carbonyl (C=O) groups is 1. The van der Waals surface area contributed by atoms with Crippen LogP contribution in [0.2, 0.25) is 0 Å². The van der Waals surface area contributed by atoms with E-state index in [9.17, 15) is 18.0 Å². The smallest absolute Gasteiger partial charge is 0.347 e. The van der Waals surface area contributed by atoms with Gasteiger partial charge < -0.3 is 4.90 Å². The summed E-state index contributed by atoms with van der Waals surface area (Å²) < 4.78 is 37.7. The summed E-state index contributed by atoms with van der Waals surface area (Å²) in [4.78, 5) is 12.7. The number of Topliss-reactive ketones (excluding diaryl/α,β-unsaturated/α-hetero) is 1. The molecule has 0 unspecified atom stereocenters. The van der Waals surface area contributed by atoms with Gasteiger partial charge in [0.05, 0.1) is 0 Å². The van der Waals surface area contributed by atoms with Crippen LogP contribution >= 0.6 is 0 Å². The molecular formula is C12H10F3NO. The second kappa shape index (κ2) is 4.24. The number of hydrogen-bond acceptors (Lipinski definition) is 2. The van der Waals surface area contributed by atoms with Crippen LogP contribution in [0.1, 0.15) is 6.42 Å². The number of hydrogen-bond donors (Lipinski definition) is 0. The van der Waals surface area contributed by atoms with E-state index in [-0.39, 0.29) is 13.0 Å². The van der Waals surface area contributed by atoms with Gasteiger partial charge in [-0.15, -0.1) is 0 Å². The third-order valence-electron chi connectivity index (χ3n) is 2.56. The molecular weight excluding hydrogens is 231 g/mol. The highest BCUT2D eigenvalue weighted by atomic mass is 19.4. The Morgan fingerprint density at radius 1 is 1.12 bits per heavy atom. The fourth-order valence-electron chi connectivity index (χ4n) is 1.70. The molecule has 0 bridgehead atoms. The number of alkyl halides is 3. The zero-order valence-corrected chi connectivity index (χ0v) is 8.87. The first-order valence-corrected chi connectivity index (χ1v) is 5.12. The van der Waals surface area contributed by atoms with Gasteiger partial charge in [-0.25, -0.2) is 0 Å². The number of allylic oxidation sites excluding steroid dienone is 1. The van der Waals surface area contributed by atoms with Gasteiger partial charge in [-0.2, -0.15) is 13.2 Å². The first kappa shape index (κ1) is 11.7. The predicted molar refractivity (Wildman–Crippen MR) is 57.6 cm³/mol. The summed E-state index contributed by atoms with van der Waals surface area (Å²) in [6.45, 7) is 0.280. The van der Waals surface area contributed by atoms with E-state index in [1.54, 1.807) is 30.3 Å². The third kappa shape index (κ3) is 2.49.